The number of hydrogen-bond acceptors (Lipinski definition) is 4. The van der Waals surface area contributed by atoms with Crippen molar-refractivity contribution in [3.63, 3.8) is 0 Å². The molecule has 2 heterocycles. The van der Waals surface area contributed by atoms with Crippen LogP contribution in [-0.4, -0.2) is 40.5 Å². The molecule has 1 saturated heterocycles. The molecular weight excluding hydrogens is 287 g/mol. The van der Waals surface area contributed by atoms with E-state index in [0.29, 0.717) is 0 Å². The Morgan fingerprint density at radius 3 is 2.53 bits per heavy atom. The minimum absolute atomic E-state index is 0.0535. The van der Waals surface area contributed by atoms with Crippen LogP contribution < -0.4 is 4.90 Å². The van der Waals surface area contributed by atoms with Crippen LogP contribution >= 0.6 is 11.6 Å². The second-order valence-corrected chi connectivity index (χ2v) is 4.66. The van der Waals surface area contributed by atoms with Crippen LogP contribution in [0.3, 0.4) is 0 Å². The lowest BCUT2D eigenvalue weighted by Crippen LogP contribution is -2.47. The molecule has 0 amide bonds. The van der Waals surface area contributed by atoms with Gasteiger partial charge in [-0.25, -0.2) is 0 Å². The summed E-state index contributed by atoms with van der Waals surface area (Å²) in [7, 11) is 0. The molecule has 1 aliphatic rings. The Bertz CT molecular complexity index is 494. The van der Waals surface area contributed by atoms with Crippen LogP contribution in [0.1, 0.15) is 6.42 Å². The first-order chi connectivity index (χ1) is 8.76. The van der Waals surface area contributed by atoms with E-state index in [-0.39, 0.29) is 17.5 Å². The maximum Gasteiger partial charge on any atom is 0.406 e. The van der Waals surface area contributed by atoms with E-state index in [2.05, 4.69) is 10.2 Å². The van der Waals surface area contributed by atoms with Crippen LogP contribution in [0.4, 0.5) is 19.0 Å². The normalized spacial score (nSPS) is 23.7. The lowest BCUT2D eigenvalue weighted by atomic mass is 9.86. The number of hydrogen-bond donors (Lipinski definition) is 1. The van der Waals surface area contributed by atoms with Gasteiger partial charge in [-0.3, -0.25) is 4.79 Å². The minimum atomic E-state index is -4.81. The van der Waals surface area contributed by atoms with Gasteiger partial charge in [0.05, 0.1) is 0 Å². The summed E-state index contributed by atoms with van der Waals surface area (Å²) in [5.41, 5.74) is -2.76. The van der Waals surface area contributed by atoms with Gasteiger partial charge in [0.25, 0.3) is 0 Å². The fourth-order valence-corrected chi connectivity index (χ4v) is 2.11. The highest BCUT2D eigenvalue weighted by molar-refractivity contribution is 6.29. The third kappa shape index (κ3) is 2.32. The second kappa shape index (κ2) is 4.52. The first kappa shape index (κ1) is 13.9. The third-order valence-electron chi connectivity index (χ3n) is 3.16. The lowest BCUT2D eigenvalue weighted by molar-refractivity contribution is -0.225. The molecule has 104 valence electrons. The highest BCUT2D eigenvalue weighted by atomic mass is 35.5. The Morgan fingerprint density at radius 1 is 1.42 bits per heavy atom. The van der Waals surface area contributed by atoms with E-state index in [1.165, 1.54) is 17.0 Å². The maximum atomic E-state index is 13.0. The summed E-state index contributed by atoms with van der Waals surface area (Å²) in [6.07, 6.45) is -5.33. The Balaban J connectivity index is 2.27. The molecule has 19 heavy (non-hydrogen) atoms. The highest BCUT2D eigenvalue weighted by Gasteiger charge is 2.63. The smallest absolute Gasteiger partial charge is 0.406 e. The number of rotatable bonds is 2. The van der Waals surface area contributed by atoms with Gasteiger partial charge in [-0.2, -0.15) is 13.2 Å². The number of nitrogens with zero attached hydrogens (tertiary/aromatic N) is 3. The topological polar surface area (TPSA) is 66.3 Å². The lowest BCUT2D eigenvalue weighted by Gasteiger charge is -2.27. The van der Waals surface area contributed by atoms with Gasteiger partial charge in [-0.15, -0.1) is 10.2 Å². The number of carboxylic acids is 1. The van der Waals surface area contributed by atoms with Gasteiger partial charge in [-0.1, -0.05) is 11.6 Å². The van der Waals surface area contributed by atoms with Gasteiger partial charge >= 0.3 is 12.1 Å². The predicted octanol–water partition coefficient (Wildman–Crippen LogP) is 1.97. The van der Waals surface area contributed by atoms with Gasteiger partial charge < -0.3 is 10.0 Å². The van der Waals surface area contributed by atoms with Gasteiger partial charge in [0, 0.05) is 13.1 Å². The van der Waals surface area contributed by atoms with E-state index in [9.17, 15) is 18.0 Å². The fraction of sp³-hybridized carbons (Fsp3) is 0.500. The number of aliphatic carboxylic acids is 1. The van der Waals surface area contributed by atoms with E-state index < -0.39 is 30.5 Å². The van der Waals surface area contributed by atoms with Crippen molar-refractivity contribution in [2.24, 2.45) is 5.41 Å². The quantitative estimate of drug-likeness (QED) is 0.903. The highest BCUT2D eigenvalue weighted by Crippen LogP contribution is 2.46. The number of alkyl halides is 3. The van der Waals surface area contributed by atoms with Crippen molar-refractivity contribution >= 4 is 23.4 Å². The summed E-state index contributed by atoms with van der Waals surface area (Å²) in [6.45, 7) is -0.732. The molecule has 5 nitrogen and oxygen atoms in total. The fourth-order valence-electron chi connectivity index (χ4n) is 2.01. The van der Waals surface area contributed by atoms with E-state index in [4.69, 9.17) is 16.7 Å². The van der Waals surface area contributed by atoms with E-state index in [1.807, 2.05) is 0 Å². The van der Waals surface area contributed by atoms with Crippen LogP contribution in [-0.2, 0) is 4.79 Å². The molecule has 9 heteroatoms. The van der Waals surface area contributed by atoms with E-state index in [0.717, 1.165) is 0 Å². The molecule has 0 radical (unpaired) electrons. The molecular formula is C10H9ClF3N3O2. The summed E-state index contributed by atoms with van der Waals surface area (Å²) < 4.78 is 38.9. The molecule has 1 atom stereocenters. The van der Waals surface area contributed by atoms with Gasteiger partial charge in [0.2, 0.25) is 0 Å². The summed E-state index contributed by atoms with van der Waals surface area (Å²) in [6, 6.07) is 2.79. The molecule has 1 unspecified atom stereocenters. The number of carboxylic acid groups (broad SMARTS) is 1. The van der Waals surface area contributed by atoms with Crippen molar-refractivity contribution < 1.29 is 23.1 Å². The van der Waals surface area contributed by atoms with Crippen molar-refractivity contribution in [1.29, 1.82) is 0 Å². The van der Waals surface area contributed by atoms with Gasteiger partial charge in [0.1, 0.15) is 0 Å². The molecule has 2 rings (SSSR count). The molecule has 1 aromatic rings. The van der Waals surface area contributed by atoms with Crippen molar-refractivity contribution in [3.8, 4) is 0 Å². The van der Waals surface area contributed by atoms with Crippen molar-refractivity contribution in [3.05, 3.63) is 17.3 Å². The zero-order valence-electron chi connectivity index (χ0n) is 9.48. The zero-order valence-corrected chi connectivity index (χ0v) is 10.2. The zero-order chi connectivity index (χ0) is 14.3. The summed E-state index contributed by atoms with van der Waals surface area (Å²) in [5.74, 6) is -1.69. The average Bonchev–Trinajstić information content (AvgIpc) is 2.75. The Labute approximate surface area is 111 Å². The van der Waals surface area contributed by atoms with Gasteiger partial charge in [0.15, 0.2) is 16.4 Å². The molecule has 0 aromatic carbocycles. The van der Waals surface area contributed by atoms with Crippen molar-refractivity contribution in [2.45, 2.75) is 12.6 Å². The summed E-state index contributed by atoms with van der Waals surface area (Å²) in [4.78, 5) is 12.2. The summed E-state index contributed by atoms with van der Waals surface area (Å²) >= 11 is 5.53. The molecule has 1 N–H and O–H groups in total. The monoisotopic (exact) mass is 295 g/mol. The molecule has 0 saturated carbocycles. The number of aromatic nitrogens is 2. The van der Waals surface area contributed by atoms with Crippen LogP contribution in [0.5, 0.6) is 0 Å². The molecule has 1 aromatic heterocycles. The van der Waals surface area contributed by atoms with Gasteiger partial charge in [-0.05, 0) is 18.6 Å². The van der Waals surface area contributed by atoms with Crippen LogP contribution in [0.2, 0.25) is 5.15 Å². The van der Waals surface area contributed by atoms with Crippen LogP contribution in [0.15, 0.2) is 12.1 Å². The summed E-state index contributed by atoms with van der Waals surface area (Å²) in [5, 5.41) is 16.2. The number of carbonyl (C=O) groups is 1. The van der Waals surface area contributed by atoms with Crippen LogP contribution in [0, 0.1) is 5.41 Å². The first-order valence-corrected chi connectivity index (χ1v) is 5.68. The Morgan fingerprint density at radius 2 is 2.11 bits per heavy atom. The second-order valence-electron chi connectivity index (χ2n) is 4.27. The largest absolute Gasteiger partial charge is 0.481 e. The maximum absolute atomic E-state index is 13.0. The van der Waals surface area contributed by atoms with Crippen molar-refractivity contribution in [2.75, 3.05) is 18.0 Å². The van der Waals surface area contributed by atoms with E-state index >= 15 is 0 Å². The average molecular weight is 296 g/mol. The molecule has 0 aliphatic carbocycles. The number of anilines is 1. The Kier molecular flexibility index (Phi) is 3.29. The Hall–Kier alpha value is -1.57. The standard InChI is InChI=1S/C10H9ClF3N3O2/c11-6-1-2-7(16-15-6)17-4-3-9(5-17,8(18)19)10(12,13)14/h1-2H,3-5H2,(H,18,19). The van der Waals surface area contributed by atoms with Crippen LogP contribution in [0.25, 0.3) is 0 Å². The first-order valence-electron chi connectivity index (χ1n) is 5.30. The predicted molar refractivity (Wildman–Crippen MR) is 60.0 cm³/mol. The number of halogens is 4. The minimum Gasteiger partial charge on any atom is -0.481 e. The van der Waals surface area contributed by atoms with Crippen molar-refractivity contribution in [1.82, 2.24) is 10.2 Å². The molecule has 1 aliphatic heterocycles. The third-order valence-corrected chi connectivity index (χ3v) is 3.36. The van der Waals surface area contributed by atoms with E-state index in [1.54, 1.807) is 0 Å². The molecule has 1 fully saturated rings. The SMILES string of the molecule is O=C(O)C1(C(F)(F)F)CCN(c2ccc(Cl)nn2)C1. The molecule has 0 bridgehead atoms. The molecule has 0 spiro atoms.